The Balaban J connectivity index is 2.06. The Kier molecular flexibility index (Phi) is 3.43. The maximum Gasteiger partial charge on any atom is 0.310 e. The highest BCUT2D eigenvalue weighted by Gasteiger charge is 2.39. The van der Waals surface area contributed by atoms with Crippen LogP contribution in [0.25, 0.3) is 0 Å². The third kappa shape index (κ3) is 2.35. The fraction of sp³-hybridized carbons (Fsp3) is 0.818. The Hall–Kier alpha value is -1.10. The lowest BCUT2D eigenvalue weighted by atomic mass is 9.94. The molecule has 2 fully saturated rings. The van der Waals surface area contributed by atoms with Crippen molar-refractivity contribution >= 4 is 11.9 Å². The zero-order valence-electron chi connectivity index (χ0n) is 9.22. The highest BCUT2D eigenvalue weighted by Crippen LogP contribution is 2.27. The van der Waals surface area contributed by atoms with Gasteiger partial charge in [0.25, 0.3) is 0 Å². The van der Waals surface area contributed by atoms with E-state index in [-0.39, 0.29) is 24.3 Å². The predicted octanol–water partition coefficient (Wildman–Crippen LogP) is 0.489. The lowest BCUT2D eigenvalue weighted by Gasteiger charge is -2.29. The van der Waals surface area contributed by atoms with Crippen LogP contribution in [0, 0.1) is 5.92 Å². The number of carbonyl (C=O) groups excluding carboxylic acids is 1. The number of nitrogens with zero attached hydrogens (tertiary/aromatic N) is 1. The molecule has 0 amide bonds. The molecule has 2 unspecified atom stereocenters. The second kappa shape index (κ2) is 4.82. The van der Waals surface area contributed by atoms with E-state index < -0.39 is 5.97 Å². The number of carboxylic acid groups (broad SMARTS) is 1. The third-order valence-corrected chi connectivity index (χ3v) is 3.43. The fourth-order valence-corrected chi connectivity index (χ4v) is 2.64. The fourth-order valence-electron chi connectivity index (χ4n) is 2.64. The SMILES string of the molecule is O=C(O)CC(C1CCOC1=O)N1CCCC1. The van der Waals surface area contributed by atoms with Crippen LogP contribution >= 0.6 is 0 Å². The van der Waals surface area contributed by atoms with E-state index in [4.69, 9.17) is 9.84 Å². The highest BCUT2D eigenvalue weighted by molar-refractivity contribution is 5.76. The average Bonchev–Trinajstić information content (AvgIpc) is 2.84. The first-order valence-electron chi connectivity index (χ1n) is 5.81. The van der Waals surface area contributed by atoms with Crippen molar-refractivity contribution in [3.8, 4) is 0 Å². The van der Waals surface area contributed by atoms with Crippen molar-refractivity contribution < 1.29 is 19.4 Å². The largest absolute Gasteiger partial charge is 0.481 e. The second-order valence-electron chi connectivity index (χ2n) is 4.47. The van der Waals surface area contributed by atoms with Gasteiger partial charge in [0.2, 0.25) is 0 Å². The maximum atomic E-state index is 11.5. The molecule has 2 aliphatic rings. The van der Waals surface area contributed by atoms with Crippen molar-refractivity contribution in [2.75, 3.05) is 19.7 Å². The molecule has 0 aromatic heterocycles. The van der Waals surface area contributed by atoms with Crippen LogP contribution < -0.4 is 0 Å². The maximum absolute atomic E-state index is 11.5. The molecular formula is C11H17NO4. The van der Waals surface area contributed by atoms with Gasteiger partial charge in [0, 0.05) is 6.04 Å². The van der Waals surface area contributed by atoms with Gasteiger partial charge in [-0.25, -0.2) is 0 Å². The van der Waals surface area contributed by atoms with Crippen LogP contribution in [0.1, 0.15) is 25.7 Å². The van der Waals surface area contributed by atoms with E-state index in [0.29, 0.717) is 13.0 Å². The summed E-state index contributed by atoms with van der Waals surface area (Å²) in [5.74, 6) is -1.30. The molecule has 2 atom stereocenters. The Bertz CT molecular complexity index is 286. The molecule has 0 aromatic rings. The molecule has 2 aliphatic heterocycles. The van der Waals surface area contributed by atoms with Crippen LogP contribution in [0.15, 0.2) is 0 Å². The minimum Gasteiger partial charge on any atom is -0.481 e. The number of likely N-dealkylation sites (tertiary alicyclic amines) is 1. The molecule has 90 valence electrons. The van der Waals surface area contributed by atoms with Gasteiger partial charge in [-0.3, -0.25) is 14.5 Å². The van der Waals surface area contributed by atoms with Crippen molar-refractivity contribution in [1.29, 1.82) is 0 Å². The molecule has 2 saturated heterocycles. The van der Waals surface area contributed by atoms with Crippen LogP contribution in [-0.2, 0) is 14.3 Å². The van der Waals surface area contributed by atoms with Gasteiger partial charge in [-0.1, -0.05) is 0 Å². The normalized spacial score (nSPS) is 28.0. The Morgan fingerprint density at radius 2 is 2.19 bits per heavy atom. The first-order chi connectivity index (χ1) is 7.68. The number of carboxylic acids is 1. The van der Waals surface area contributed by atoms with E-state index in [1.165, 1.54) is 0 Å². The van der Waals surface area contributed by atoms with Gasteiger partial charge in [0.1, 0.15) is 0 Å². The van der Waals surface area contributed by atoms with Crippen molar-refractivity contribution in [2.45, 2.75) is 31.7 Å². The number of hydrogen-bond acceptors (Lipinski definition) is 4. The van der Waals surface area contributed by atoms with Gasteiger partial charge in [-0.05, 0) is 32.4 Å². The minimum absolute atomic E-state index is 0.0414. The summed E-state index contributed by atoms with van der Waals surface area (Å²) in [6.07, 6.45) is 2.89. The van der Waals surface area contributed by atoms with E-state index in [1.54, 1.807) is 0 Å². The summed E-state index contributed by atoms with van der Waals surface area (Å²) in [6, 6.07) is -0.171. The smallest absolute Gasteiger partial charge is 0.310 e. The number of esters is 1. The lowest BCUT2D eigenvalue weighted by molar-refractivity contribution is -0.144. The zero-order chi connectivity index (χ0) is 11.5. The van der Waals surface area contributed by atoms with Crippen LogP contribution in [0.3, 0.4) is 0 Å². The lowest BCUT2D eigenvalue weighted by Crippen LogP contribution is -2.42. The Morgan fingerprint density at radius 1 is 1.50 bits per heavy atom. The number of rotatable bonds is 4. The molecule has 5 heteroatoms. The monoisotopic (exact) mass is 227 g/mol. The summed E-state index contributed by atoms with van der Waals surface area (Å²) in [7, 11) is 0. The first-order valence-corrected chi connectivity index (χ1v) is 5.81. The zero-order valence-corrected chi connectivity index (χ0v) is 9.22. The number of ether oxygens (including phenoxy) is 1. The molecule has 0 bridgehead atoms. The Labute approximate surface area is 94.4 Å². The number of aliphatic carboxylic acids is 1. The number of hydrogen-bond donors (Lipinski definition) is 1. The van der Waals surface area contributed by atoms with Crippen molar-refractivity contribution in [2.24, 2.45) is 5.92 Å². The topological polar surface area (TPSA) is 66.8 Å². The summed E-state index contributed by atoms with van der Waals surface area (Å²) in [5.41, 5.74) is 0. The van der Waals surface area contributed by atoms with Gasteiger partial charge in [0.15, 0.2) is 0 Å². The van der Waals surface area contributed by atoms with Gasteiger partial charge < -0.3 is 9.84 Å². The van der Waals surface area contributed by atoms with Crippen LogP contribution in [0.5, 0.6) is 0 Å². The molecule has 0 aliphatic carbocycles. The van der Waals surface area contributed by atoms with E-state index >= 15 is 0 Å². The first kappa shape index (κ1) is 11.4. The second-order valence-corrected chi connectivity index (χ2v) is 4.47. The van der Waals surface area contributed by atoms with Gasteiger partial charge in [-0.2, -0.15) is 0 Å². The molecular weight excluding hydrogens is 210 g/mol. The average molecular weight is 227 g/mol. The summed E-state index contributed by atoms with van der Waals surface area (Å²) < 4.78 is 4.93. The van der Waals surface area contributed by atoms with E-state index in [0.717, 1.165) is 25.9 Å². The van der Waals surface area contributed by atoms with Gasteiger partial charge >= 0.3 is 11.9 Å². The Morgan fingerprint density at radius 3 is 2.69 bits per heavy atom. The van der Waals surface area contributed by atoms with E-state index in [1.807, 2.05) is 0 Å². The van der Waals surface area contributed by atoms with Gasteiger partial charge in [-0.15, -0.1) is 0 Å². The third-order valence-electron chi connectivity index (χ3n) is 3.43. The van der Waals surface area contributed by atoms with Crippen molar-refractivity contribution in [1.82, 2.24) is 4.90 Å². The molecule has 0 aromatic carbocycles. The van der Waals surface area contributed by atoms with Crippen molar-refractivity contribution in [3.05, 3.63) is 0 Å². The predicted molar refractivity (Wildman–Crippen MR) is 55.9 cm³/mol. The molecule has 2 heterocycles. The minimum atomic E-state index is -0.836. The summed E-state index contributed by atoms with van der Waals surface area (Å²) in [5, 5.41) is 8.91. The standard InChI is InChI=1S/C11H17NO4/c13-10(14)7-9(12-4-1-2-5-12)8-3-6-16-11(8)15/h8-9H,1-7H2,(H,13,14). The van der Waals surface area contributed by atoms with Crippen molar-refractivity contribution in [3.63, 3.8) is 0 Å². The molecule has 1 N–H and O–H groups in total. The quantitative estimate of drug-likeness (QED) is 0.708. The van der Waals surface area contributed by atoms with Crippen LogP contribution in [0.4, 0.5) is 0 Å². The molecule has 0 spiro atoms. The van der Waals surface area contributed by atoms with Crippen LogP contribution in [0.2, 0.25) is 0 Å². The van der Waals surface area contributed by atoms with Crippen LogP contribution in [-0.4, -0.2) is 47.7 Å². The summed E-state index contributed by atoms with van der Waals surface area (Å²) in [6.45, 7) is 2.25. The number of cyclic esters (lactones) is 1. The molecule has 0 radical (unpaired) electrons. The molecule has 5 nitrogen and oxygen atoms in total. The highest BCUT2D eigenvalue weighted by atomic mass is 16.5. The van der Waals surface area contributed by atoms with Gasteiger partial charge in [0.05, 0.1) is 18.9 Å². The molecule has 0 saturated carbocycles. The summed E-state index contributed by atoms with van der Waals surface area (Å²) >= 11 is 0. The van der Waals surface area contributed by atoms with E-state index in [9.17, 15) is 9.59 Å². The summed E-state index contributed by atoms with van der Waals surface area (Å²) in [4.78, 5) is 24.5. The van der Waals surface area contributed by atoms with E-state index in [2.05, 4.69) is 4.90 Å². The molecule has 16 heavy (non-hydrogen) atoms. The molecule has 2 rings (SSSR count). The number of carbonyl (C=O) groups is 2.